The van der Waals surface area contributed by atoms with Gasteiger partial charge >= 0.3 is 0 Å². The molecule has 5 nitrogen and oxygen atoms in total. The van der Waals surface area contributed by atoms with Crippen molar-refractivity contribution < 1.29 is 8.42 Å². The molecule has 3 rings (SSSR count). The van der Waals surface area contributed by atoms with E-state index in [9.17, 15) is 8.42 Å². The standard InChI is InChI=1S/C14H13N3O2S/c1-20(18,19)10-7-5-9(6-8-10)14-16-12-4-2-3-11(15)13(12)17-14/h2-8H,15H2,1H3,(H,16,17). The van der Waals surface area contributed by atoms with E-state index in [1.165, 1.54) is 6.26 Å². The number of anilines is 1. The SMILES string of the molecule is CS(=O)(=O)c1ccc(-c2nc3c(N)cccc3[nH]2)cc1. The van der Waals surface area contributed by atoms with E-state index in [0.29, 0.717) is 11.5 Å². The lowest BCUT2D eigenvalue weighted by atomic mass is 10.2. The molecule has 6 heteroatoms. The maximum atomic E-state index is 11.4. The Morgan fingerprint density at radius 3 is 2.40 bits per heavy atom. The number of H-pyrrole nitrogens is 1. The minimum atomic E-state index is -3.18. The third kappa shape index (κ3) is 2.14. The van der Waals surface area contributed by atoms with Gasteiger partial charge in [0.2, 0.25) is 0 Å². The predicted octanol–water partition coefficient (Wildman–Crippen LogP) is 2.22. The van der Waals surface area contributed by atoms with Crippen molar-refractivity contribution in [1.82, 2.24) is 9.97 Å². The van der Waals surface area contributed by atoms with Crippen LogP contribution in [-0.2, 0) is 9.84 Å². The first-order valence-corrected chi connectivity index (χ1v) is 7.89. The normalized spacial score (nSPS) is 11.8. The fourth-order valence-electron chi connectivity index (χ4n) is 2.05. The van der Waals surface area contributed by atoms with Crippen molar-refractivity contribution >= 4 is 26.6 Å². The molecule has 0 saturated heterocycles. The van der Waals surface area contributed by atoms with Gasteiger partial charge < -0.3 is 10.7 Å². The van der Waals surface area contributed by atoms with Gasteiger partial charge in [0.05, 0.1) is 16.1 Å². The Bertz CT molecular complexity index is 880. The molecule has 0 aliphatic heterocycles. The van der Waals surface area contributed by atoms with Gasteiger partial charge in [0.1, 0.15) is 11.3 Å². The summed E-state index contributed by atoms with van der Waals surface area (Å²) in [6.07, 6.45) is 1.18. The van der Waals surface area contributed by atoms with Crippen molar-refractivity contribution in [3.05, 3.63) is 42.5 Å². The number of nitrogens with two attached hydrogens (primary N) is 1. The second-order valence-electron chi connectivity index (χ2n) is 4.63. The summed E-state index contributed by atoms with van der Waals surface area (Å²) in [6, 6.07) is 12.1. The maximum Gasteiger partial charge on any atom is 0.175 e. The van der Waals surface area contributed by atoms with Crippen molar-refractivity contribution in [2.24, 2.45) is 0 Å². The number of aromatic nitrogens is 2. The number of para-hydroxylation sites is 1. The molecule has 0 aliphatic carbocycles. The molecule has 0 saturated carbocycles. The van der Waals surface area contributed by atoms with E-state index in [-0.39, 0.29) is 4.90 Å². The molecule has 102 valence electrons. The van der Waals surface area contributed by atoms with Crippen LogP contribution in [0.25, 0.3) is 22.4 Å². The number of nitrogens with one attached hydrogen (secondary N) is 1. The Labute approximate surface area is 116 Å². The lowest BCUT2D eigenvalue weighted by Crippen LogP contribution is -1.96. The summed E-state index contributed by atoms with van der Waals surface area (Å²) >= 11 is 0. The number of sulfone groups is 1. The van der Waals surface area contributed by atoms with Gasteiger partial charge in [0, 0.05) is 11.8 Å². The van der Waals surface area contributed by atoms with Crippen molar-refractivity contribution in [1.29, 1.82) is 0 Å². The number of benzene rings is 2. The first-order valence-electron chi connectivity index (χ1n) is 6.00. The Kier molecular flexibility index (Phi) is 2.76. The number of rotatable bonds is 2. The molecule has 3 N–H and O–H groups in total. The van der Waals surface area contributed by atoms with E-state index < -0.39 is 9.84 Å². The van der Waals surface area contributed by atoms with Gasteiger partial charge in [0.25, 0.3) is 0 Å². The summed E-state index contributed by atoms with van der Waals surface area (Å²) in [6.45, 7) is 0. The van der Waals surface area contributed by atoms with Crippen molar-refractivity contribution in [3.63, 3.8) is 0 Å². The molecule has 0 unspecified atom stereocenters. The number of nitrogens with zero attached hydrogens (tertiary/aromatic N) is 1. The lowest BCUT2D eigenvalue weighted by molar-refractivity contribution is 0.602. The number of nitrogen functional groups attached to an aromatic ring is 1. The summed E-state index contributed by atoms with van der Waals surface area (Å²) in [5.74, 6) is 0.665. The van der Waals surface area contributed by atoms with Crippen molar-refractivity contribution in [2.45, 2.75) is 4.90 Å². The highest BCUT2D eigenvalue weighted by Crippen LogP contribution is 2.24. The van der Waals surface area contributed by atoms with Crippen LogP contribution in [0.15, 0.2) is 47.4 Å². The fraction of sp³-hybridized carbons (Fsp3) is 0.0714. The molecular weight excluding hydrogens is 274 g/mol. The van der Waals surface area contributed by atoms with Crippen LogP contribution in [0.3, 0.4) is 0 Å². The predicted molar refractivity (Wildman–Crippen MR) is 79.1 cm³/mol. The molecule has 0 spiro atoms. The van der Waals surface area contributed by atoms with Crippen molar-refractivity contribution in [3.8, 4) is 11.4 Å². The van der Waals surface area contributed by atoms with Gasteiger partial charge in [0.15, 0.2) is 9.84 Å². The van der Waals surface area contributed by atoms with Gasteiger partial charge in [-0.05, 0) is 36.4 Å². The maximum absolute atomic E-state index is 11.4. The third-order valence-corrected chi connectivity index (χ3v) is 4.23. The average molecular weight is 287 g/mol. The number of aromatic amines is 1. The van der Waals surface area contributed by atoms with E-state index >= 15 is 0 Å². The topological polar surface area (TPSA) is 88.8 Å². The molecular formula is C14H13N3O2S. The zero-order chi connectivity index (χ0) is 14.3. The molecule has 0 radical (unpaired) electrons. The van der Waals surface area contributed by atoms with Crippen LogP contribution in [0.4, 0.5) is 5.69 Å². The van der Waals surface area contributed by atoms with Gasteiger partial charge in [-0.15, -0.1) is 0 Å². The van der Waals surface area contributed by atoms with Gasteiger partial charge in [-0.25, -0.2) is 13.4 Å². The molecule has 1 aromatic heterocycles. The highest BCUT2D eigenvalue weighted by atomic mass is 32.2. The second kappa shape index (κ2) is 4.35. The molecule has 2 aromatic carbocycles. The van der Waals surface area contributed by atoms with Gasteiger partial charge in [-0.3, -0.25) is 0 Å². The lowest BCUT2D eigenvalue weighted by Gasteiger charge is -2.00. The van der Waals surface area contributed by atoms with E-state index in [4.69, 9.17) is 5.73 Å². The van der Waals surface area contributed by atoms with Gasteiger partial charge in [-0.2, -0.15) is 0 Å². The zero-order valence-electron chi connectivity index (χ0n) is 10.8. The smallest absolute Gasteiger partial charge is 0.175 e. The highest BCUT2D eigenvalue weighted by Gasteiger charge is 2.10. The first-order chi connectivity index (χ1) is 9.45. The number of hydrogen-bond donors (Lipinski definition) is 2. The molecule has 1 heterocycles. The average Bonchev–Trinajstić information content (AvgIpc) is 2.83. The van der Waals surface area contributed by atoms with E-state index in [1.54, 1.807) is 30.3 Å². The first kappa shape index (κ1) is 12.7. The number of fused-ring (bicyclic) bond motifs is 1. The zero-order valence-corrected chi connectivity index (χ0v) is 11.6. The van der Waals surface area contributed by atoms with Gasteiger partial charge in [-0.1, -0.05) is 6.07 Å². The van der Waals surface area contributed by atoms with Crippen molar-refractivity contribution in [2.75, 3.05) is 12.0 Å². The summed E-state index contributed by atoms with van der Waals surface area (Å²) in [5, 5.41) is 0. The van der Waals surface area contributed by atoms with Crippen LogP contribution in [0, 0.1) is 0 Å². The molecule has 0 bridgehead atoms. The summed E-state index contributed by atoms with van der Waals surface area (Å²) in [7, 11) is -3.18. The Hall–Kier alpha value is -2.34. The quantitative estimate of drug-likeness (QED) is 0.707. The van der Waals surface area contributed by atoms with Crippen LogP contribution in [-0.4, -0.2) is 24.6 Å². The molecule has 0 amide bonds. The minimum Gasteiger partial charge on any atom is -0.397 e. The van der Waals surface area contributed by atoms with E-state index in [0.717, 1.165) is 16.6 Å². The van der Waals surface area contributed by atoms with Crippen LogP contribution in [0.2, 0.25) is 0 Å². The Morgan fingerprint density at radius 2 is 1.80 bits per heavy atom. The number of imidazole rings is 1. The molecule has 0 atom stereocenters. The van der Waals surface area contributed by atoms with Crippen LogP contribution in [0.1, 0.15) is 0 Å². The largest absolute Gasteiger partial charge is 0.397 e. The summed E-state index contributed by atoms with van der Waals surface area (Å²) in [4.78, 5) is 7.90. The van der Waals surface area contributed by atoms with E-state index in [2.05, 4.69) is 9.97 Å². The second-order valence-corrected chi connectivity index (χ2v) is 6.64. The molecule has 3 aromatic rings. The fourth-order valence-corrected chi connectivity index (χ4v) is 2.68. The number of hydrogen-bond acceptors (Lipinski definition) is 4. The molecule has 0 aliphatic rings. The molecule has 0 fully saturated rings. The van der Waals surface area contributed by atoms with Crippen LogP contribution >= 0.6 is 0 Å². The van der Waals surface area contributed by atoms with E-state index in [1.807, 2.05) is 12.1 Å². The minimum absolute atomic E-state index is 0.289. The molecule has 20 heavy (non-hydrogen) atoms. The summed E-state index contributed by atoms with van der Waals surface area (Å²) < 4.78 is 22.9. The monoisotopic (exact) mass is 287 g/mol. The van der Waals surface area contributed by atoms with Crippen LogP contribution in [0.5, 0.6) is 0 Å². The van der Waals surface area contributed by atoms with Crippen LogP contribution < -0.4 is 5.73 Å². The Balaban J connectivity index is 2.09. The Morgan fingerprint density at radius 1 is 1.10 bits per heavy atom. The summed E-state index contributed by atoms with van der Waals surface area (Å²) in [5.41, 5.74) is 8.86. The highest BCUT2D eigenvalue weighted by molar-refractivity contribution is 7.90. The third-order valence-electron chi connectivity index (χ3n) is 3.10.